The third-order valence-corrected chi connectivity index (χ3v) is 3.79. The highest BCUT2D eigenvalue weighted by Crippen LogP contribution is 2.29. The van der Waals surface area contributed by atoms with Crippen molar-refractivity contribution in [2.24, 2.45) is 0 Å². The Hall–Kier alpha value is -2.12. The van der Waals surface area contributed by atoms with E-state index < -0.39 is 0 Å². The van der Waals surface area contributed by atoms with Crippen LogP contribution in [0.2, 0.25) is 0 Å². The van der Waals surface area contributed by atoms with Crippen molar-refractivity contribution >= 4 is 28.6 Å². The minimum Gasteiger partial charge on any atom is -0.383 e. The van der Waals surface area contributed by atoms with E-state index in [4.69, 9.17) is 4.74 Å². The average molecular weight is 315 g/mol. The first-order chi connectivity index (χ1) is 10.8. The maximum atomic E-state index is 5.06. The van der Waals surface area contributed by atoms with Crippen molar-refractivity contribution in [3.05, 3.63) is 30.6 Å². The van der Waals surface area contributed by atoms with Crippen LogP contribution in [-0.4, -0.2) is 46.5 Å². The molecule has 3 rings (SSSR count). The van der Waals surface area contributed by atoms with Crippen molar-refractivity contribution < 1.29 is 4.74 Å². The summed E-state index contributed by atoms with van der Waals surface area (Å²) in [5.74, 6) is 0.798. The molecule has 0 aliphatic carbocycles. The number of aromatic nitrogens is 4. The van der Waals surface area contributed by atoms with Crippen LogP contribution in [0.15, 0.2) is 35.7 Å². The topological polar surface area (TPSA) is 75.7 Å². The number of methoxy groups -OCH3 is 1. The Balaban J connectivity index is 2.04. The normalized spacial score (nSPS) is 11.0. The van der Waals surface area contributed by atoms with Gasteiger partial charge in [0.1, 0.15) is 11.5 Å². The average Bonchev–Trinajstić information content (AvgIpc) is 3.03. The van der Waals surface area contributed by atoms with Crippen LogP contribution in [0.3, 0.4) is 0 Å². The van der Waals surface area contributed by atoms with Gasteiger partial charge in [-0.2, -0.15) is 0 Å². The third-order valence-electron chi connectivity index (χ3n) is 3.23. The van der Waals surface area contributed by atoms with E-state index in [9.17, 15) is 0 Å². The lowest BCUT2D eigenvalue weighted by atomic mass is 10.1. The predicted molar refractivity (Wildman–Crippen MR) is 89.3 cm³/mol. The summed E-state index contributed by atoms with van der Waals surface area (Å²) in [7, 11) is 1.68. The molecule has 3 heterocycles. The predicted octanol–water partition coefficient (Wildman–Crippen LogP) is 2.80. The molecule has 3 aromatic heterocycles. The second kappa shape index (κ2) is 6.76. The number of hydrogen-bond acceptors (Lipinski definition) is 6. The summed E-state index contributed by atoms with van der Waals surface area (Å²) in [6.07, 6.45) is 5.64. The van der Waals surface area contributed by atoms with Crippen molar-refractivity contribution in [3.8, 4) is 11.3 Å². The number of nitrogens with zero attached hydrogens (tertiary/aromatic N) is 3. The second-order valence-electron chi connectivity index (χ2n) is 4.64. The number of fused-ring (bicyclic) bond motifs is 1. The zero-order valence-electron chi connectivity index (χ0n) is 12.5. The van der Waals surface area contributed by atoms with Gasteiger partial charge in [-0.25, -0.2) is 15.0 Å². The number of H-pyrrole nitrogens is 1. The Morgan fingerprint density at radius 3 is 3.05 bits per heavy atom. The molecular weight excluding hydrogens is 298 g/mol. The Morgan fingerprint density at radius 2 is 2.23 bits per heavy atom. The van der Waals surface area contributed by atoms with Gasteiger partial charge in [0.25, 0.3) is 0 Å². The Morgan fingerprint density at radius 1 is 1.32 bits per heavy atom. The molecule has 0 atom stereocenters. The summed E-state index contributed by atoms with van der Waals surface area (Å²) in [5.41, 5.74) is 2.76. The molecule has 22 heavy (non-hydrogen) atoms. The fraction of sp³-hybridized carbons (Fsp3) is 0.267. The SMILES string of the molecule is COCCNc1cc(-c2ccnc(SC)n2)c2cc[nH]c2n1. The highest BCUT2D eigenvalue weighted by molar-refractivity contribution is 7.98. The minimum atomic E-state index is 0.629. The molecule has 0 unspecified atom stereocenters. The van der Waals surface area contributed by atoms with E-state index in [2.05, 4.69) is 25.3 Å². The molecule has 0 bridgehead atoms. The van der Waals surface area contributed by atoms with E-state index in [1.54, 1.807) is 13.3 Å². The van der Waals surface area contributed by atoms with Gasteiger partial charge >= 0.3 is 0 Å². The first kappa shape index (κ1) is 14.8. The molecule has 6 nitrogen and oxygen atoms in total. The molecule has 0 spiro atoms. The molecule has 2 N–H and O–H groups in total. The van der Waals surface area contributed by atoms with Crippen LogP contribution >= 0.6 is 11.8 Å². The highest BCUT2D eigenvalue weighted by atomic mass is 32.2. The number of aromatic amines is 1. The molecule has 0 saturated carbocycles. The lowest BCUT2D eigenvalue weighted by molar-refractivity contribution is 0.210. The number of ether oxygens (including phenoxy) is 1. The van der Waals surface area contributed by atoms with E-state index in [1.165, 1.54) is 11.8 Å². The fourth-order valence-electron chi connectivity index (χ4n) is 2.21. The van der Waals surface area contributed by atoms with E-state index in [-0.39, 0.29) is 0 Å². The van der Waals surface area contributed by atoms with Gasteiger partial charge in [0.05, 0.1) is 12.3 Å². The van der Waals surface area contributed by atoms with E-state index in [0.717, 1.165) is 33.3 Å². The molecule has 0 radical (unpaired) electrons. The monoisotopic (exact) mass is 315 g/mol. The Bertz CT molecular complexity index is 773. The summed E-state index contributed by atoms with van der Waals surface area (Å²) in [6, 6.07) is 5.94. The van der Waals surface area contributed by atoms with Gasteiger partial charge in [0.2, 0.25) is 0 Å². The summed E-state index contributed by atoms with van der Waals surface area (Å²) in [4.78, 5) is 16.5. The summed E-state index contributed by atoms with van der Waals surface area (Å²) < 4.78 is 5.06. The number of rotatable bonds is 6. The summed E-state index contributed by atoms with van der Waals surface area (Å²) in [5, 5.41) is 5.06. The molecule has 0 fully saturated rings. The van der Waals surface area contributed by atoms with E-state index >= 15 is 0 Å². The van der Waals surface area contributed by atoms with Gasteiger partial charge in [-0.1, -0.05) is 11.8 Å². The van der Waals surface area contributed by atoms with E-state index in [1.807, 2.05) is 30.7 Å². The van der Waals surface area contributed by atoms with Gasteiger partial charge in [0.15, 0.2) is 5.16 Å². The van der Waals surface area contributed by atoms with Crippen molar-refractivity contribution in [3.63, 3.8) is 0 Å². The number of pyridine rings is 1. The molecule has 114 valence electrons. The lowest BCUT2D eigenvalue weighted by Crippen LogP contribution is -2.09. The van der Waals surface area contributed by atoms with Gasteiger partial charge in [-0.15, -0.1) is 0 Å². The van der Waals surface area contributed by atoms with E-state index in [0.29, 0.717) is 13.2 Å². The number of thioether (sulfide) groups is 1. The van der Waals surface area contributed by atoms with Gasteiger partial charge in [-0.3, -0.25) is 0 Å². The van der Waals surface area contributed by atoms with Crippen LogP contribution in [-0.2, 0) is 4.74 Å². The van der Waals surface area contributed by atoms with Crippen molar-refractivity contribution in [1.29, 1.82) is 0 Å². The lowest BCUT2D eigenvalue weighted by Gasteiger charge is -2.09. The Labute approximate surface area is 132 Å². The molecular formula is C15H17N5OS. The van der Waals surface area contributed by atoms with Gasteiger partial charge in [0, 0.05) is 37.0 Å². The fourth-order valence-corrected chi connectivity index (χ4v) is 2.57. The van der Waals surface area contributed by atoms with Crippen LogP contribution in [0.4, 0.5) is 5.82 Å². The summed E-state index contributed by atoms with van der Waals surface area (Å²) >= 11 is 1.53. The van der Waals surface area contributed by atoms with Crippen molar-refractivity contribution in [2.45, 2.75) is 5.16 Å². The van der Waals surface area contributed by atoms with Crippen LogP contribution in [0.1, 0.15) is 0 Å². The largest absolute Gasteiger partial charge is 0.383 e. The molecule has 0 amide bonds. The first-order valence-corrected chi connectivity index (χ1v) is 8.12. The molecule has 0 aliphatic heterocycles. The number of anilines is 1. The van der Waals surface area contributed by atoms with Gasteiger partial charge < -0.3 is 15.0 Å². The molecule has 3 aromatic rings. The first-order valence-electron chi connectivity index (χ1n) is 6.90. The number of hydrogen-bond donors (Lipinski definition) is 2. The van der Waals surface area contributed by atoms with Crippen LogP contribution in [0.5, 0.6) is 0 Å². The Kier molecular flexibility index (Phi) is 4.55. The van der Waals surface area contributed by atoms with Crippen molar-refractivity contribution in [1.82, 2.24) is 19.9 Å². The zero-order chi connectivity index (χ0) is 15.4. The maximum Gasteiger partial charge on any atom is 0.187 e. The van der Waals surface area contributed by atoms with Crippen LogP contribution in [0.25, 0.3) is 22.3 Å². The highest BCUT2D eigenvalue weighted by Gasteiger charge is 2.10. The molecule has 0 aromatic carbocycles. The summed E-state index contributed by atoms with van der Waals surface area (Å²) in [6.45, 7) is 1.33. The smallest absolute Gasteiger partial charge is 0.187 e. The maximum absolute atomic E-state index is 5.06. The quantitative estimate of drug-likeness (QED) is 0.414. The van der Waals surface area contributed by atoms with Crippen molar-refractivity contribution in [2.75, 3.05) is 31.8 Å². The standard InChI is InChI=1S/C15H17N5OS/c1-21-8-7-16-13-9-11(10-3-5-17-14(10)20-13)12-4-6-18-15(19-12)22-2/h3-6,9H,7-8H2,1-2H3,(H2,16,17,20). The minimum absolute atomic E-state index is 0.629. The zero-order valence-corrected chi connectivity index (χ0v) is 13.3. The molecule has 0 saturated heterocycles. The van der Waals surface area contributed by atoms with Gasteiger partial charge in [-0.05, 0) is 24.5 Å². The molecule has 0 aliphatic rings. The molecule has 7 heteroatoms. The third kappa shape index (κ3) is 3.05. The van der Waals surface area contributed by atoms with Crippen LogP contribution in [0, 0.1) is 0 Å². The van der Waals surface area contributed by atoms with Crippen LogP contribution < -0.4 is 5.32 Å². The number of nitrogens with one attached hydrogen (secondary N) is 2. The second-order valence-corrected chi connectivity index (χ2v) is 5.42.